The Labute approximate surface area is 112 Å². The molecule has 0 spiro atoms. The molecule has 0 amide bonds. The lowest BCUT2D eigenvalue weighted by molar-refractivity contribution is 0.518. The van der Waals surface area contributed by atoms with Crippen LogP contribution in [0.1, 0.15) is 30.5 Å². The highest BCUT2D eigenvalue weighted by molar-refractivity contribution is 7.07. The number of rotatable bonds is 6. The van der Waals surface area contributed by atoms with Gasteiger partial charge in [0.2, 0.25) is 0 Å². The molecule has 1 atom stereocenters. The fourth-order valence-electron chi connectivity index (χ4n) is 2.05. The van der Waals surface area contributed by atoms with Gasteiger partial charge >= 0.3 is 0 Å². The van der Waals surface area contributed by atoms with E-state index in [2.05, 4.69) is 29.1 Å². The molecule has 2 aromatic rings. The highest BCUT2D eigenvalue weighted by Crippen LogP contribution is 2.17. The lowest BCUT2D eigenvalue weighted by Gasteiger charge is -2.17. The minimum absolute atomic E-state index is 0.161. The second kappa shape index (κ2) is 6.66. The summed E-state index contributed by atoms with van der Waals surface area (Å²) in [4.78, 5) is 0. The largest absolute Gasteiger partial charge is 0.310 e. The second-order valence-corrected chi connectivity index (χ2v) is 5.13. The average Bonchev–Trinajstić information content (AvgIpc) is 2.88. The first kappa shape index (κ1) is 13.2. The number of halogens is 1. The monoisotopic (exact) mass is 263 g/mol. The third kappa shape index (κ3) is 3.65. The number of nitrogens with one attached hydrogen (secondary N) is 1. The number of benzene rings is 1. The first-order chi connectivity index (χ1) is 8.79. The lowest BCUT2D eigenvalue weighted by Crippen LogP contribution is -2.23. The van der Waals surface area contributed by atoms with Crippen molar-refractivity contribution in [1.29, 1.82) is 0 Å². The molecule has 0 aliphatic heterocycles. The zero-order chi connectivity index (χ0) is 12.8. The molecule has 2 rings (SSSR count). The van der Waals surface area contributed by atoms with Crippen molar-refractivity contribution in [2.75, 3.05) is 6.54 Å². The van der Waals surface area contributed by atoms with E-state index in [0.29, 0.717) is 0 Å². The maximum atomic E-state index is 13.2. The van der Waals surface area contributed by atoms with Gasteiger partial charge < -0.3 is 5.32 Å². The number of hydrogen-bond acceptors (Lipinski definition) is 2. The Kier molecular flexibility index (Phi) is 4.90. The van der Waals surface area contributed by atoms with E-state index < -0.39 is 0 Å². The van der Waals surface area contributed by atoms with Gasteiger partial charge in [-0.1, -0.05) is 19.1 Å². The highest BCUT2D eigenvalue weighted by atomic mass is 32.1. The lowest BCUT2D eigenvalue weighted by atomic mass is 10.0. The molecule has 18 heavy (non-hydrogen) atoms. The van der Waals surface area contributed by atoms with Crippen LogP contribution in [0, 0.1) is 5.82 Å². The van der Waals surface area contributed by atoms with Crippen molar-refractivity contribution in [3.63, 3.8) is 0 Å². The van der Waals surface area contributed by atoms with E-state index in [9.17, 15) is 4.39 Å². The summed E-state index contributed by atoms with van der Waals surface area (Å²) in [5.74, 6) is -0.161. The molecular weight excluding hydrogens is 245 g/mol. The third-order valence-electron chi connectivity index (χ3n) is 3.04. The van der Waals surface area contributed by atoms with Crippen LogP contribution in [0.5, 0.6) is 0 Å². The first-order valence-electron chi connectivity index (χ1n) is 6.29. The Hall–Kier alpha value is -1.19. The minimum Gasteiger partial charge on any atom is -0.310 e. The summed E-state index contributed by atoms with van der Waals surface area (Å²) in [5.41, 5.74) is 2.39. The van der Waals surface area contributed by atoms with Crippen molar-refractivity contribution in [1.82, 2.24) is 5.32 Å². The molecule has 1 N–H and O–H groups in total. The van der Waals surface area contributed by atoms with Gasteiger partial charge in [0.15, 0.2) is 0 Å². The van der Waals surface area contributed by atoms with Crippen LogP contribution >= 0.6 is 11.3 Å². The molecule has 1 heterocycles. The number of thiophene rings is 1. The molecule has 1 nitrogen and oxygen atoms in total. The van der Waals surface area contributed by atoms with E-state index >= 15 is 0 Å². The van der Waals surface area contributed by atoms with Gasteiger partial charge in [0.25, 0.3) is 0 Å². The summed E-state index contributed by atoms with van der Waals surface area (Å²) in [6.07, 6.45) is 1.99. The topological polar surface area (TPSA) is 12.0 Å². The Morgan fingerprint density at radius 1 is 1.33 bits per heavy atom. The van der Waals surface area contributed by atoms with Crippen LogP contribution in [0.15, 0.2) is 41.1 Å². The van der Waals surface area contributed by atoms with Crippen molar-refractivity contribution in [3.05, 3.63) is 58.0 Å². The van der Waals surface area contributed by atoms with Crippen molar-refractivity contribution in [2.45, 2.75) is 25.8 Å². The molecule has 96 valence electrons. The summed E-state index contributed by atoms with van der Waals surface area (Å²) in [6.45, 7) is 3.04. The van der Waals surface area contributed by atoms with E-state index in [4.69, 9.17) is 0 Å². The van der Waals surface area contributed by atoms with Crippen molar-refractivity contribution in [3.8, 4) is 0 Å². The van der Waals surface area contributed by atoms with Gasteiger partial charge in [-0.15, -0.1) is 0 Å². The van der Waals surface area contributed by atoms with Crippen LogP contribution in [0.3, 0.4) is 0 Å². The summed E-state index contributed by atoms with van der Waals surface area (Å²) in [7, 11) is 0. The quantitative estimate of drug-likeness (QED) is 0.824. The van der Waals surface area contributed by atoms with E-state index in [0.717, 1.165) is 24.9 Å². The van der Waals surface area contributed by atoms with E-state index in [1.165, 1.54) is 11.6 Å². The van der Waals surface area contributed by atoms with Crippen molar-refractivity contribution < 1.29 is 4.39 Å². The van der Waals surface area contributed by atoms with E-state index in [-0.39, 0.29) is 11.9 Å². The van der Waals surface area contributed by atoms with E-state index in [1.54, 1.807) is 23.5 Å². The Morgan fingerprint density at radius 2 is 2.22 bits per heavy atom. The SMILES string of the molecule is CCC(NCCc1ccsc1)c1cccc(F)c1. The molecule has 0 saturated carbocycles. The molecular formula is C15H18FNS. The van der Waals surface area contributed by atoms with Crippen LogP contribution in [0.2, 0.25) is 0 Å². The molecule has 0 fully saturated rings. The van der Waals surface area contributed by atoms with Gasteiger partial charge in [0, 0.05) is 6.04 Å². The van der Waals surface area contributed by atoms with Crippen molar-refractivity contribution >= 4 is 11.3 Å². The summed E-state index contributed by atoms with van der Waals surface area (Å²) in [6, 6.07) is 9.24. The normalized spacial score (nSPS) is 12.6. The Morgan fingerprint density at radius 3 is 2.89 bits per heavy atom. The molecule has 3 heteroatoms. The van der Waals surface area contributed by atoms with Crippen LogP contribution in [0.4, 0.5) is 4.39 Å². The Bertz CT molecular complexity index is 467. The third-order valence-corrected chi connectivity index (χ3v) is 3.78. The summed E-state index contributed by atoms with van der Waals surface area (Å²) < 4.78 is 13.2. The molecule has 0 radical (unpaired) electrons. The van der Waals surface area contributed by atoms with Crippen LogP contribution in [-0.2, 0) is 6.42 Å². The van der Waals surface area contributed by atoms with Crippen LogP contribution in [-0.4, -0.2) is 6.54 Å². The van der Waals surface area contributed by atoms with Crippen molar-refractivity contribution in [2.24, 2.45) is 0 Å². The Balaban J connectivity index is 1.89. The van der Waals surface area contributed by atoms with Crippen LogP contribution < -0.4 is 5.32 Å². The molecule has 0 aliphatic rings. The highest BCUT2D eigenvalue weighted by Gasteiger charge is 2.08. The summed E-state index contributed by atoms with van der Waals surface area (Å²) >= 11 is 1.73. The molecule has 1 unspecified atom stereocenters. The predicted octanol–water partition coefficient (Wildman–Crippen LogP) is 4.17. The molecule has 0 saturated heterocycles. The number of hydrogen-bond donors (Lipinski definition) is 1. The van der Waals surface area contributed by atoms with Gasteiger partial charge in [-0.3, -0.25) is 0 Å². The summed E-state index contributed by atoms with van der Waals surface area (Å²) in [5, 5.41) is 7.76. The molecule has 0 bridgehead atoms. The second-order valence-electron chi connectivity index (χ2n) is 4.35. The molecule has 0 aliphatic carbocycles. The van der Waals surface area contributed by atoms with Gasteiger partial charge in [0.1, 0.15) is 5.82 Å². The zero-order valence-corrected chi connectivity index (χ0v) is 11.3. The first-order valence-corrected chi connectivity index (χ1v) is 7.24. The molecule has 1 aromatic heterocycles. The standard InChI is InChI=1S/C15H18FNS/c1-2-15(13-4-3-5-14(16)10-13)17-8-6-12-7-9-18-11-12/h3-5,7,9-11,15,17H,2,6,8H2,1H3. The van der Waals surface area contributed by atoms with E-state index in [1.807, 2.05) is 6.07 Å². The molecule has 1 aromatic carbocycles. The average molecular weight is 263 g/mol. The van der Waals surface area contributed by atoms with Gasteiger partial charge in [-0.05, 0) is 59.5 Å². The fraction of sp³-hybridized carbons (Fsp3) is 0.333. The minimum atomic E-state index is -0.161. The van der Waals surface area contributed by atoms with Gasteiger partial charge in [-0.2, -0.15) is 11.3 Å². The maximum Gasteiger partial charge on any atom is 0.123 e. The predicted molar refractivity (Wildman–Crippen MR) is 75.5 cm³/mol. The van der Waals surface area contributed by atoms with Gasteiger partial charge in [-0.25, -0.2) is 4.39 Å². The van der Waals surface area contributed by atoms with Crippen LogP contribution in [0.25, 0.3) is 0 Å². The van der Waals surface area contributed by atoms with Gasteiger partial charge in [0.05, 0.1) is 0 Å². The maximum absolute atomic E-state index is 13.2. The zero-order valence-electron chi connectivity index (χ0n) is 10.5. The fourth-order valence-corrected chi connectivity index (χ4v) is 2.75. The smallest absolute Gasteiger partial charge is 0.123 e.